The van der Waals surface area contributed by atoms with E-state index in [0.29, 0.717) is 0 Å². The van der Waals surface area contributed by atoms with Gasteiger partial charge in [-0.3, -0.25) is 4.79 Å². The molecule has 4 aliphatic carbocycles. The van der Waals surface area contributed by atoms with Crippen molar-refractivity contribution in [2.75, 3.05) is 0 Å². The Labute approximate surface area is 188 Å². The van der Waals surface area contributed by atoms with E-state index in [-0.39, 0.29) is 11.3 Å². The first kappa shape index (κ1) is 19.5. The molecule has 0 saturated heterocycles. The van der Waals surface area contributed by atoms with E-state index in [0.717, 1.165) is 59.5 Å². The highest BCUT2D eigenvalue weighted by molar-refractivity contribution is 5.90. The van der Waals surface area contributed by atoms with Crippen LogP contribution in [0.1, 0.15) is 44.1 Å². The van der Waals surface area contributed by atoms with Crippen LogP contribution >= 0.6 is 0 Å². The van der Waals surface area contributed by atoms with Gasteiger partial charge in [0, 0.05) is 17.3 Å². The molecule has 0 unspecified atom stereocenters. The van der Waals surface area contributed by atoms with E-state index < -0.39 is 0 Å². The van der Waals surface area contributed by atoms with Crippen LogP contribution in [0.3, 0.4) is 0 Å². The van der Waals surface area contributed by atoms with E-state index in [4.69, 9.17) is 5.10 Å². The van der Waals surface area contributed by atoms with Crippen molar-refractivity contribution in [2.24, 2.45) is 28.3 Å². The zero-order valence-corrected chi connectivity index (χ0v) is 18.2. The molecule has 0 aliphatic heterocycles. The Morgan fingerprint density at radius 2 is 1.53 bits per heavy atom. The standard InChI is InChI=1S/C27H28N4O/c32-26(27-14-19-11-20(15-27)13-21(12-19)16-27)29-28-17-23-18-31(24-9-5-2-6-10-24)30-25(23)22-7-3-1-4-8-22/h1-10,17-21H,11-16H2,(H,29,32)/b28-17-. The average Bonchev–Trinajstić information content (AvgIpc) is 3.23. The monoisotopic (exact) mass is 424 g/mol. The van der Waals surface area contributed by atoms with Gasteiger partial charge in [-0.15, -0.1) is 0 Å². The number of hydrogen-bond donors (Lipinski definition) is 1. The van der Waals surface area contributed by atoms with Gasteiger partial charge in [-0.25, -0.2) is 10.1 Å². The third-order valence-corrected chi connectivity index (χ3v) is 7.70. The minimum absolute atomic E-state index is 0.115. The van der Waals surface area contributed by atoms with Crippen molar-refractivity contribution in [3.8, 4) is 16.9 Å². The fraction of sp³-hybridized carbons (Fsp3) is 0.370. The molecule has 1 heterocycles. The topological polar surface area (TPSA) is 59.3 Å². The van der Waals surface area contributed by atoms with E-state index in [1.165, 1.54) is 19.3 Å². The summed E-state index contributed by atoms with van der Waals surface area (Å²) in [4.78, 5) is 13.2. The Hall–Kier alpha value is -3.21. The van der Waals surface area contributed by atoms with Crippen molar-refractivity contribution < 1.29 is 4.79 Å². The van der Waals surface area contributed by atoms with Gasteiger partial charge >= 0.3 is 0 Å². The highest BCUT2D eigenvalue weighted by atomic mass is 16.2. The van der Waals surface area contributed by atoms with Crippen molar-refractivity contribution in [1.82, 2.24) is 15.2 Å². The molecule has 4 bridgehead atoms. The van der Waals surface area contributed by atoms with Crippen LogP contribution in [0.15, 0.2) is 72.0 Å². The summed E-state index contributed by atoms with van der Waals surface area (Å²) in [5, 5.41) is 9.23. The first-order valence-corrected chi connectivity index (χ1v) is 11.7. The van der Waals surface area contributed by atoms with Gasteiger partial charge in [-0.2, -0.15) is 10.2 Å². The molecule has 4 saturated carbocycles. The van der Waals surface area contributed by atoms with E-state index >= 15 is 0 Å². The Kier molecular flexibility index (Phi) is 4.71. The quantitative estimate of drug-likeness (QED) is 0.452. The Morgan fingerprint density at radius 1 is 0.938 bits per heavy atom. The molecule has 32 heavy (non-hydrogen) atoms. The number of hydrazone groups is 1. The fourth-order valence-corrected chi connectivity index (χ4v) is 6.68. The predicted molar refractivity (Wildman–Crippen MR) is 125 cm³/mol. The molecule has 0 atom stereocenters. The summed E-state index contributed by atoms with van der Waals surface area (Å²) in [6, 6.07) is 20.1. The van der Waals surface area contributed by atoms with Crippen LogP contribution in [-0.4, -0.2) is 21.9 Å². The molecule has 5 nitrogen and oxygen atoms in total. The highest BCUT2D eigenvalue weighted by Crippen LogP contribution is 2.60. The van der Waals surface area contributed by atoms with Crippen molar-refractivity contribution >= 4 is 12.1 Å². The molecule has 4 aliphatic rings. The second-order valence-corrected chi connectivity index (χ2v) is 9.98. The van der Waals surface area contributed by atoms with Crippen molar-refractivity contribution in [3.05, 3.63) is 72.4 Å². The summed E-state index contributed by atoms with van der Waals surface area (Å²) < 4.78 is 1.87. The van der Waals surface area contributed by atoms with E-state index in [1.54, 1.807) is 6.21 Å². The summed E-state index contributed by atoms with van der Waals surface area (Å²) in [7, 11) is 0. The van der Waals surface area contributed by atoms with Crippen LogP contribution < -0.4 is 5.43 Å². The van der Waals surface area contributed by atoms with Crippen LogP contribution in [0, 0.1) is 23.2 Å². The summed E-state index contributed by atoms with van der Waals surface area (Å²) in [5.74, 6) is 2.34. The van der Waals surface area contributed by atoms with E-state index in [1.807, 2.05) is 71.5 Å². The SMILES string of the molecule is O=C(N/N=C\c1cn(-c2ccccc2)nc1-c1ccccc1)C12CC3CC(CC(C3)C1)C2. The first-order valence-electron chi connectivity index (χ1n) is 11.7. The van der Waals surface area contributed by atoms with E-state index in [9.17, 15) is 4.79 Å². The van der Waals surface area contributed by atoms with E-state index in [2.05, 4.69) is 10.5 Å². The summed E-state index contributed by atoms with van der Waals surface area (Å²) in [5.41, 5.74) is 6.46. The summed E-state index contributed by atoms with van der Waals surface area (Å²) in [6.45, 7) is 0. The lowest BCUT2D eigenvalue weighted by Crippen LogP contribution is -2.52. The molecule has 0 spiro atoms. The van der Waals surface area contributed by atoms with Crippen LogP contribution in [0.4, 0.5) is 0 Å². The average molecular weight is 425 g/mol. The molecule has 1 aromatic heterocycles. The van der Waals surface area contributed by atoms with Gasteiger partial charge in [-0.05, 0) is 68.4 Å². The van der Waals surface area contributed by atoms with Crippen LogP contribution in [0.25, 0.3) is 16.9 Å². The maximum Gasteiger partial charge on any atom is 0.246 e. The number of carbonyl (C=O) groups excluding carboxylic acids is 1. The number of carbonyl (C=O) groups is 1. The summed E-state index contributed by atoms with van der Waals surface area (Å²) in [6.07, 6.45) is 10.8. The third kappa shape index (κ3) is 3.46. The fourth-order valence-electron chi connectivity index (χ4n) is 6.68. The lowest BCUT2D eigenvalue weighted by Gasteiger charge is -2.55. The first-order chi connectivity index (χ1) is 15.7. The number of aromatic nitrogens is 2. The molecule has 0 radical (unpaired) electrons. The maximum absolute atomic E-state index is 13.2. The number of rotatable bonds is 5. The normalized spacial score (nSPS) is 28.3. The number of nitrogens with zero attached hydrogens (tertiary/aromatic N) is 3. The molecule has 7 rings (SSSR count). The lowest BCUT2D eigenvalue weighted by atomic mass is 9.49. The summed E-state index contributed by atoms with van der Waals surface area (Å²) >= 11 is 0. The molecular weight excluding hydrogens is 396 g/mol. The predicted octanol–water partition coefficient (Wildman–Crippen LogP) is 5.21. The molecule has 5 heteroatoms. The van der Waals surface area contributed by atoms with Crippen molar-refractivity contribution in [2.45, 2.75) is 38.5 Å². The largest absolute Gasteiger partial charge is 0.273 e. The molecule has 3 aromatic rings. The Morgan fingerprint density at radius 3 is 2.16 bits per heavy atom. The van der Waals surface area contributed by atoms with Crippen LogP contribution in [0.5, 0.6) is 0 Å². The molecular formula is C27H28N4O. The lowest BCUT2D eigenvalue weighted by molar-refractivity contribution is -0.146. The van der Waals surface area contributed by atoms with Gasteiger partial charge in [0.1, 0.15) is 5.69 Å². The van der Waals surface area contributed by atoms with Gasteiger partial charge < -0.3 is 0 Å². The van der Waals surface area contributed by atoms with Gasteiger partial charge in [0.25, 0.3) is 0 Å². The minimum atomic E-state index is -0.192. The van der Waals surface area contributed by atoms with Gasteiger partial charge in [0.05, 0.1) is 17.3 Å². The van der Waals surface area contributed by atoms with Gasteiger partial charge in [0.15, 0.2) is 0 Å². The third-order valence-electron chi connectivity index (χ3n) is 7.70. The number of nitrogens with one attached hydrogen (secondary N) is 1. The Balaban J connectivity index is 1.26. The van der Waals surface area contributed by atoms with Crippen LogP contribution in [-0.2, 0) is 4.79 Å². The van der Waals surface area contributed by atoms with Gasteiger partial charge in [-0.1, -0.05) is 48.5 Å². The molecule has 1 N–H and O–H groups in total. The smallest absolute Gasteiger partial charge is 0.246 e. The van der Waals surface area contributed by atoms with Gasteiger partial charge in [0.2, 0.25) is 5.91 Å². The number of para-hydroxylation sites is 1. The Bertz CT molecular complexity index is 1110. The highest BCUT2D eigenvalue weighted by Gasteiger charge is 2.54. The molecule has 1 amide bonds. The zero-order valence-electron chi connectivity index (χ0n) is 18.2. The van der Waals surface area contributed by atoms with Crippen molar-refractivity contribution in [3.63, 3.8) is 0 Å². The number of hydrogen-bond acceptors (Lipinski definition) is 3. The maximum atomic E-state index is 13.2. The van der Waals surface area contributed by atoms with Crippen LogP contribution in [0.2, 0.25) is 0 Å². The zero-order chi connectivity index (χ0) is 21.5. The molecule has 162 valence electrons. The number of amides is 1. The number of benzene rings is 2. The molecule has 2 aromatic carbocycles. The second-order valence-electron chi connectivity index (χ2n) is 9.98. The minimum Gasteiger partial charge on any atom is -0.273 e. The second kappa shape index (κ2) is 7.73. The molecule has 4 fully saturated rings. The van der Waals surface area contributed by atoms with Crippen molar-refractivity contribution in [1.29, 1.82) is 0 Å².